The highest BCUT2D eigenvalue weighted by Crippen LogP contribution is 2.60. The van der Waals surface area contributed by atoms with Gasteiger partial charge in [-0.15, -0.1) is 0 Å². The van der Waals surface area contributed by atoms with Crippen molar-refractivity contribution in [2.75, 3.05) is 0 Å². The van der Waals surface area contributed by atoms with Crippen molar-refractivity contribution < 1.29 is 25.5 Å². The van der Waals surface area contributed by atoms with Gasteiger partial charge in [-0.05, 0) is 120 Å². The van der Waals surface area contributed by atoms with E-state index in [-0.39, 0.29) is 5.41 Å². The number of rotatable bonds is 10. The van der Waals surface area contributed by atoms with Crippen molar-refractivity contribution in [1.82, 2.24) is 0 Å². The van der Waals surface area contributed by atoms with Crippen molar-refractivity contribution >= 4 is 0 Å². The molecule has 0 aromatic heterocycles. The molecule has 0 amide bonds. The summed E-state index contributed by atoms with van der Waals surface area (Å²) < 4.78 is 0. The average Bonchev–Trinajstić information content (AvgIpc) is 3.13. The van der Waals surface area contributed by atoms with Crippen molar-refractivity contribution in [1.29, 1.82) is 0 Å². The van der Waals surface area contributed by atoms with Gasteiger partial charge in [-0.1, -0.05) is 44.1 Å². The molecule has 0 bridgehead atoms. The first-order valence-electron chi connectivity index (χ1n) is 14.7. The van der Waals surface area contributed by atoms with E-state index in [0.717, 1.165) is 49.7 Å². The summed E-state index contributed by atoms with van der Waals surface area (Å²) in [5, 5.41) is 51.5. The van der Waals surface area contributed by atoms with Gasteiger partial charge in [-0.25, -0.2) is 0 Å². The molecule has 2 unspecified atom stereocenters. The summed E-state index contributed by atoms with van der Waals surface area (Å²) in [4.78, 5) is 0. The zero-order chi connectivity index (χ0) is 27.6. The lowest BCUT2D eigenvalue weighted by Crippen LogP contribution is -2.39. The summed E-state index contributed by atoms with van der Waals surface area (Å²) in [6.45, 7) is 13.7. The maximum atomic E-state index is 10.6. The van der Waals surface area contributed by atoms with Gasteiger partial charge in [0.2, 0.25) is 0 Å². The smallest absolute Gasteiger partial charge is 0.0849 e. The minimum absolute atomic E-state index is 0.199. The third-order valence-electron chi connectivity index (χ3n) is 9.86. The number of hydrogen-bond acceptors (Lipinski definition) is 5. The van der Waals surface area contributed by atoms with E-state index in [9.17, 15) is 25.5 Å². The van der Waals surface area contributed by atoms with Crippen molar-refractivity contribution in [2.45, 2.75) is 141 Å². The van der Waals surface area contributed by atoms with Crippen LogP contribution < -0.4 is 0 Å². The van der Waals surface area contributed by atoms with Crippen molar-refractivity contribution in [3.63, 3.8) is 0 Å². The number of allylic oxidation sites excluding steroid dienone is 3. The first-order chi connectivity index (χ1) is 17.1. The quantitative estimate of drug-likeness (QED) is 0.259. The summed E-state index contributed by atoms with van der Waals surface area (Å²) in [7, 11) is 0. The molecule has 5 heteroatoms. The lowest BCUT2D eigenvalue weighted by Gasteiger charge is -2.45. The van der Waals surface area contributed by atoms with Gasteiger partial charge >= 0.3 is 0 Å². The van der Waals surface area contributed by atoms with Crippen LogP contribution >= 0.6 is 0 Å². The molecule has 3 aliphatic rings. The van der Waals surface area contributed by atoms with Crippen molar-refractivity contribution in [3.8, 4) is 0 Å². The highest BCUT2D eigenvalue weighted by atomic mass is 16.3. The highest BCUT2D eigenvalue weighted by Gasteiger charge is 2.51. The predicted octanol–water partition coefficient (Wildman–Crippen LogP) is 5.60. The Labute approximate surface area is 225 Å². The second-order valence-corrected chi connectivity index (χ2v) is 13.9. The Morgan fingerprint density at radius 2 is 1.76 bits per heavy atom. The van der Waals surface area contributed by atoms with Crippen LogP contribution in [-0.4, -0.2) is 55.0 Å². The van der Waals surface area contributed by atoms with E-state index in [0.29, 0.717) is 37.0 Å². The lowest BCUT2D eigenvalue weighted by molar-refractivity contribution is -0.0563. The number of aliphatic hydroxyl groups is 5. The number of aliphatic hydroxyl groups excluding tert-OH is 3. The molecule has 0 saturated heterocycles. The molecule has 5 N–H and O–H groups in total. The Morgan fingerprint density at radius 1 is 1.05 bits per heavy atom. The van der Waals surface area contributed by atoms with Gasteiger partial charge in [0.05, 0.1) is 29.5 Å². The Morgan fingerprint density at radius 3 is 2.41 bits per heavy atom. The van der Waals surface area contributed by atoms with Crippen LogP contribution in [0.15, 0.2) is 35.5 Å². The van der Waals surface area contributed by atoms with E-state index in [4.69, 9.17) is 0 Å². The van der Waals surface area contributed by atoms with Gasteiger partial charge < -0.3 is 25.5 Å². The van der Waals surface area contributed by atoms with Crippen LogP contribution in [0, 0.1) is 23.2 Å². The van der Waals surface area contributed by atoms with E-state index in [1.54, 1.807) is 13.8 Å². The largest absolute Gasteiger partial charge is 0.393 e. The third kappa shape index (κ3) is 7.79. The van der Waals surface area contributed by atoms with E-state index < -0.39 is 29.5 Å². The molecule has 37 heavy (non-hydrogen) atoms. The van der Waals surface area contributed by atoms with Crippen LogP contribution in [0.3, 0.4) is 0 Å². The third-order valence-corrected chi connectivity index (χ3v) is 9.86. The molecule has 0 aromatic carbocycles. The summed E-state index contributed by atoms with van der Waals surface area (Å²) in [5.74, 6) is 1.53. The molecule has 0 aromatic rings. The number of hydrogen-bond donors (Lipinski definition) is 5. The lowest BCUT2D eigenvalue weighted by atomic mass is 9.60. The van der Waals surface area contributed by atoms with E-state index in [1.807, 2.05) is 13.8 Å². The van der Waals surface area contributed by atoms with Crippen LogP contribution in [0.2, 0.25) is 0 Å². The topological polar surface area (TPSA) is 101 Å². The van der Waals surface area contributed by atoms with Gasteiger partial charge in [0.15, 0.2) is 0 Å². The van der Waals surface area contributed by atoms with Gasteiger partial charge in [0, 0.05) is 6.42 Å². The molecule has 0 radical (unpaired) electrons. The van der Waals surface area contributed by atoms with Gasteiger partial charge in [-0.2, -0.15) is 0 Å². The molecule has 0 aliphatic heterocycles. The Hall–Kier alpha value is -0.980. The monoisotopic (exact) mass is 518 g/mol. The molecule has 7 atom stereocenters. The van der Waals surface area contributed by atoms with Crippen LogP contribution in [-0.2, 0) is 0 Å². The molecular formula is C32H54O5. The minimum Gasteiger partial charge on any atom is -0.393 e. The maximum absolute atomic E-state index is 10.6. The summed E-state index contributed by atoms with van der Waals surface area (Å²) in [6, 6.07) is 0. The normalized spacial score (nSPS) is 35.1. The second-order valence-electron chi connectivity index (χ2n) is 13.9. The molecular weight excluding hydrogens is 464 g/mol. The summed E-state index contributed by atoms with van der Waals surface area (Å²) >= 11 is 0. The Bertz CT molecular complexity index is 844. The molecule has 3 rings (SSSR count). The van der Waals surface area contributed by atoms with Gasteiger partial charge in [0.1, 0.15) is 0 Å². The molecule has 3 fully saturated rings. The first-order valence-corrected chi connectivity index (χ1v) is 14.7. The van der Waals surface area contributed by atoms with Crippen LogP contribution in [0.25, 0.3) is 0 Å². The second kappa shape index (κ2) is 12.0. The van der Waals surface area contributed by atoms with Gasteiger partial charge in [-0.3, -0.25) is 0 Å². The predicted molar refractivity (Wildman–Crippen MR) is 150 cm³/mol. The summed E-state index contributed by atoms with van der Waals surface area (Å²) in [5.41, 5.74) is 1.62. The number of fused-ring (bicyclic) bond motifs is 1. The molecule has 0 heterocycles. The van der Waals surface area contributed by atoms with Crippen molar-refractivity contribution in [3.05, 3.63) is 35.5 Å². The average molecular weight is 519 g/mol. The van der Waals surface area contributed by atoms with Crippen LogP contribution in [0.4, 0.5) is 0 Å². The fourth-order valence-electron chi connectivity index (χ4n) is 7.59. The van der Waals surface area contributed by atoms with E-state index >= 15 is 0 Å². The van der Waals surface area contributed by atoms with E-state index in [2.05, 4.69) is 25.7 Å². The zero-order valence-corrected chi connectivity index (χ0v) is 24.0. The molecule has 3 saturated carbocycles. The zero-order valence-electron chi connectivity index (χ0n) is 24.0. The van der Waals surface area contributed by atoms with Crippen LogP contribution in [0.5, 0.6) is 0 Å². The first kappa shape index (κ1) is 30.6. The Kier molecular flexibility index (Phi) is 9.94. The Balaban J connectivity index is 1.79. The molecule has 0 spiro atoms. The maximum Gasteiger partial charge on any atom is 0.0849 e. The highest BCUT2D eigenvalue weighted by molar-refractivity contribution is 5.38. The van der Waals surface area contributed by atoms with Crippen LogP contribution in [0.1, 0.15) is 112 Å². The van der Waals surface area contributed by atoms with Gasteiger partial charge in [0.25, 0.3) is 0 Å². The SMILES string of the molecule is C=C1/C(=C\C=C2CCC[C@@]3(C)C2CC[C@@H]3[C@H](CCCC(C)(C)O)CC[C@@H](O)C(C)(C)O)C[C@@H](O)CC1O. The van der Waals surface area contributed by atoms with E-state index in [1.165, 1.54) is 24.8 Å². The standard InChI is InChI=1S/C32H54O5/c1-21-24(19-25(33)20-28(21)34)12-11-22-10-8-18-32(6)26(22)14-15-27(32)23(9-7-17-30(2,3)36)13-16-29(35)31(4,5)37/h11-12,23,25-29,33-37H,1,7-10,13-20H2,2-6H3/b22-11?,24-12-/t23-,25-,26?,27-,28?,29-,32+/m1/s1. The molecule has 212 valence electrons. The minimum atomic E-state index is -1.10. The summed E-state index contributed by atoms with van der Waals surface area (Å²) in [6.07, 6.45) is 13.4. The molecule has 5 nitrogen and oxygen atoms in total. The fraction of sp³-hybridized carbons (Fsp3) is 0.812. The fourth-order valence-corrected chi connectivity index (χ4v) is 7.59. The van der Waals surface area contributed by atoms with Crippen molar-refractivity contribution in [2.24, 2.45) is 23.2 Å². The molecule has 3 aliphatic carbocycles.